The minimum absolute atomic E-state index is 0.112. The molecule has 3 aliphatic carbocycles. The Hall–Kier alpha value is -2.95. The summed E-state index contributed by atoms with van der Waals surface area (Å²) in [6.07, 6.45) is -1.62. The number of aliphatic hydroxyl groups is 2. The van der Waals surface area contributed by atoms with E-state index in [9.17, 15) is 39.3 Å². The van der Waals surface area contributed by atoms with Crippen LogP contribution in [-0.2, 0) is 19.2 Å². The molecule has 0 heterocycles. The predicted octanol–water partition coefficient (Wildman–Crippen LogP) is -1.60. The Balaban J connectivity index is 1.96. The number of Topliss-reactive ketones (excluding diaryl/α,β-unsaturated/α-hetero) is 4. The molecule has 0 radical (unpaired) electrons. The SMILES string of the molecule is C[C@H]1c2cccc(O)c2C(=O)[C@@H]2C(=O)[C@]3(O)C(=O)[C@H](C(N)=O)C(=O)[C@@H](N(C)C)[C@@H]3[C@@H](O)[C@@H]21. The highest BCUT2D eigenvalue weighted by Gasteiger charge is 2.72. The van der Waals surface area contributed by atoms with Crippen molar-refractivity contribution in [2.45, 2.75) is 30.6 Å². The van der Waals surface area contributed by atoms with Gasteiger partial charge < -0.3 is 21.1 Å². The van der Waals surface area contributed by atoms with Crippen LogP contribution < -0.4 is 5.73 Å². The summed E-state index contributed by atoms with van der Waals surface area (Å²) in [7, 11) is 2.89. The predicted molar refractivity (Wildman–Crippen MR) is 107 cm³/mol. The first-order valence-corrected chi connectivity index (χ1v) is 10.2. The van der Waals surface area contributed by atoms with Gasteiger partial charge in [-0.25, -0.2) is 0 Å². The molecule has 10 nitrogen and oxygen atoms in total. The van der Waals surface area contributed by atoms with Gasteiger partial charge in [0.25, 0.3) is 0 Å². The molecule has 4 rings (SSSR count). The summed E-state index contributed by atoms with van der Waals surface area (Å²) in [5, 5.41) is 33.1. The lowest BCUT2D eigenvalue weighted by Gasteiger charge is -2.55. The van der Waals surface area contributed by atoms with Crippen molar-refractivity contribution in [2.24, 2.45) is 29.4 Å². The van der Waals surface area contributed by atoms with Crippen LogP contribution in [0.3, 0.4) is 0 Å². The first kappa shape index (κ1) is 22.3. The standard InChI is InChI=1S/C22H24N2O8/c1-7-8-5-4-6-9(25)11(8)16(26)12-10(7)17(27)14-15(24(2)3)18(28)13(21(23)31)20(30)22(14,32)19(12)29/h4-7,10,12-15,17,25,27,32H,1-3H3,(H2,23,31)/t7-,10+,12+,13+,14+,15-,17-,22-/m0/s1. The van der Waals surface area contributed by atoms with E-state index in [4.69, 9.17) is 5.73 Å². The van der Waals surface area contributed by atoms with Gasteiger partial charge in [-0.1, -0.05) is 19.1 Å². The van der Waals surface area contributed by atoms with Gasteiger partial charge in [-0.3, -0.25) is 28.9 Å². The van der Waals surface area contributed by atoms with E-state index in [-0.39, 0.29) is 11.3 Å². The minimum Gasteiger partial charge on any atom is -0.507 e. The monoisotopic (exact) mass is 444 g/mol. The molecule has 3 aliphatic rings. The van der Waals surface area contributed by atoms with Crippen LogP contribution in [0, 0.1) is 23.7 Å². The maximum atomic E-state index is 13.6. The van der Waals surface area contributed by atoms with Crippen molar-refractivity contribution in [1.29, 1.82) is 0 Å². The van der Waals surface area contributed by atoms with Crippen LogP contribution in [-0.4, -0.2) is 81.1 Å². The molecule has 2 fully saturated rings. The molecule has 0 aliphatic heterocycles. The third-order valence-electron chi connectivity index (χ3n) is 7.35. The van der Waals surface area contributed by atoms with Crippen LogP contribution in [0.25, 0.3) is 0 Å². The van der Waals surface area contributed by atoms with Crippen LogP contribution in [0.4, 0.5) is 0 Å². The van der Waals surface area contributed by atoms with Gasteiger partial charge in [0.05, 0.1) is 29.5 Å². The van der Waals surface area contributed by atoms with Crippen molar-refractivity contribution < 1.29 is 39.3 Å². The smallest absolute Gasteiger partial charge is 0.235 e. The van der Waals surface area contributed by atoms with Crippen molar-refractivity contribution in [3.63, 3.8) is 0 Å². The number of likely N-dealkylation sites (N-methyl/N-ethyl adjacent to an activating group) is 1. The van der Waals surface area contributed by atoms with Gasteiger partial charge in [-0.15, -0.1) is 0 Å². The van der Waals surface area contributed by atoms with E-state index in [0.717, 1.165) is 0 Å². The lowest BCUT2D eigenvalue weighted by molar-refractivity contribution is -0.196. The molecule has 0 spiro atoms. The van der Waals surface area contributed by atoms with Crippen molar-refractivity contribution in [2.75, 3.05) is 14.1 Å². The summed E-state index contributed by atoms with van der Waals surface area (Å²) in [5.74, 6) is -13.1. The Morgan fingerprint density at radius 1 is 1.12 bits per heavy atom. The van der Waals surface area contributed by atoms with Gasteiger partial charge in [0.1, 0.15) is 5.75 Å². The molecular weight excluding hydrogens is 420 g/mol. The van der Waals surface area contributed by atoms with Gasteiger partial charge in [-0.2, -0.15) is 0 Å². The van der Waals surface area contributed by atoms with Crippen molar-refractivity contribution >= 4 is 29.0 Å². The summed E-state index contributed by atoms with van der Waals surface area (Å²) >= 11 is 0. The van der Waals surface area contributed by atoms with Gasteiger partial charge in [-0.05, 0) is 31.6 Å². The second-order valence-corrected chi connectivity index (χ2v) is 9.11. The molecule has 32 heavy (non-hydrogen) atoms. The van der Waals surface area contributed by atoms with Gasteiger partial charge >= 0.3 is 0 Å². The number of benzene rings is 1. The number of amides is 1. The van der Waals surface area contributed by atoms with E-state index >= 15 is 0 Å². The highest BCUT2D eigenvalue weighted by Crippen LogP contribution is 2.54. The van der Waals surface area contributed by atoms with Crippen LogP contribution in [0.5, 0.6) is 5.75 Å². The molecule has 170 valence electrons. The highest BCUT2D eigenvalue weighted by atomic mass is 16.3. The number of nitrogens with two attached hydrogens (primary N) is 1. The van der Waals surface area contributed by atoms with E-state index < -0.39 is 76.4 Å². The lowest BCUT2D eigenvalue weighted by atomic mass is 9.49. The number of carbonyl (C=O) groups excluding carboxylic acids is 5. The third-order valence-corrected chi connectivity index (χ3v) is 7.35. The number of fused-ring (bicyclic) bond motifs is 3. The number of phenols is 1. The van der Waals surface area contributed by atoms with Gasteiger partial charge in [0.2, 0.25) is 5.91 Å². The van der Waals surface area contributed by atoms with Crippen LogP contribution in [0.2, 0.25) is 0 Å². The molecule has 0 aromatic heterocycles. The molecule has 8 atom stereocenters. The van der Waals surface area contributed by atoms with Crippen molar-refractivity contribution in [1.82, 2.24) is 4.90 Å². The average molecular weight is 444 g/mol. The van der Waals surface area contributed by atoms with Crippen molar-refractivity contribution in [3.8, 4) is 5.75 Å². The number of rotatable bonds is 2. The number of carbonyl (C=O) groups is 5. The molecule has 5 N–H and O–H groups in total. The normalized spacial score (nSPS) is 38.9. The fraction of sp³-hybridized carbons (Fsp3) is 0.500. The first-order valence-electron chi connectivity index (χ1n) is 10.2. The van der Waals surface area contributed by atoms with Crippen LogP contribution in [0.15, 0.2) is 18.2 Å². The zero-order chi connectivity index (χ0) is 23.9. The molecule has 0 bridgehead atoms. The van der Waals surface area contributed by atoms with E-state index in [0.29, 0.717) is 5.56 Å². The topological polar surface area (TPSA) is 175 Å². The first-order chi connectivity index (χ1) is 14.9. The maximum absolute atomic E-state index is 13.6. The van der Waals surface area contributed by atoms with E-state index in [2.05, 4.69) is 0 Å². The Bertz CT molecular complexity index is 1080. The maximum Gasteiger partial charge on any atom is 0.235 e. The molecular formula is C22H24N2O8. The Morgan fingerprint density at radius 3 is 2.31 bits per heavy atom. The number of hydrogen-bond donors (Lipinski definition) is 4. The van der Waals surface area contributed by atoms with Crippen LogP contribution in [0.1, 0.15) is 28.8 Å². The summed E-state index contributed by atoms with van der Waals surface area (Å²) in [5.41, 5.74) is 2.58. The summed E-state index contributed by atoms with van der Waals surface area (Å²) < 4.78 is 0. The zero-order valence-corrected chi connectivity index (χ0v) is 17.7. The van der Waals surface area contributed by atoms with E-state index in [1.54, 1.807) is 13.0 Å². The Morgan fingerprint density at radius 2 is 1.75 bits per heavy atom. The second-order valence-electron chi connectivity index (χ2n) is 9.11. The minimum atomic E-state index is -2.97. The number of aromatic hydroxyl groups is 1. The Kier molecular flexibility index (Phi) is 4.89. The average Bonchev–Trinajstić information content (AvgIpc) is 2.70. The molecule has 0 saturated heterocycles. The molecule has 1 aromatic carbocycles. The van der Waals surface area contributed by atoms with E-state index in [1.807, 2.05) is 0 Å². The summed E-state index contributed by atoms with van der Waals surface area (Å²) in [4.78, 5) is 66.3. The molecule has 2 saturated carbocycles. The lowest BCUT2D eigenvalue weighted by Crippen LogP contribution is -2.77. The molecule has 1 amide bonds. The van der Waals surface area contributed by atoms with Gasteiger partial charge in [0, 0.05) is 5.92 Å². The summed E-state index contributed by atoms with van der Waals surface area (Å²) in [6.45, 7) is 1.66. The fourth-order valence-corrected chi connectivity index (χ4v) is 5.95. The summed E-state index contributed by atoms with van der Waals surface area (Å²) in [6, 6.07) is 3.03. The number of aliphatic hydroxyl groups excluding tert-OH is 1. The molecule has 10 heteroatoms. The molecule has 1 aromatic rings. The largest absolute Gasteiger partial charge is 0.507 e. The van der Waals surface area contributed by atoms with E-state index in [1.165, 1.54) is 31.1 Å². The number of ketones is 4. The number of hydrogen-bond acceptors (Lipinski definition) is 9. The number of phenolic OH excluding ortho intramolecular Hbond substituents is 1. The molecule has 0 unspecified atom stereocenters. The Labute approximate surface area is 183 Å². The van der Waals surface area contributed by atoms with Gasteiger partial charge in [0.15, 0.2) is 34.7 Å². The quantitative estimate of drug-likeness (QED) is 0.391. The zero-order valence-electron chi connectivity index (χ0n) is 17.7. The number of primary amides is 1. The van der Waals surface area contributed by atoms with Crippen molar-refractivity contribution in [3.05, 3.63) is 29.3 Å². The fourth-order valence-electron chi connectivity index (χ4n) is 5.95. The highest BCUT2D eigenvalue weighted by molar-refractivity contribution is 6.32. The van der Waals surface area contributed by atoms with Crippen LogP contribution >= 0.6 is 0 Å². The second kappa shape index (κ2) is 7.03. The number of nitrogens with zero attached hydrogens (tertiary/aromatic N) is 1. The third kappa shape index (κ3) is 2.54.